The van der Waals surface area contributed by atoms with Gasteiger partial charge in [0.25, 0.3) is 0 Å². The van der Waals surface area contributed by atoms with Gasteiger partial charge in [0, 0.05) is 36.3 Å². The van der Waals surface area contributed by atoms with Gasteiger partial charge in [-0.1, -0.05) is 188 Å². The van der Waals surface area contributed by atoms with Crippen molar-refractivity contribution in [3.8, 4) is 0 Å². The third-order valence-electron chi connectivity index (χ3n) is 11.9. The molecule has 0 N–H and O–H groups in total. The van der Waals surface area contributed by atoms with Crippen LogP contribution in [0.2, 0.25) is 0 Å². The summed E-state index contributed by atoms with van der Waals surface area (Å²) in [6.45, 7) is 0.740. The molecule has 0 spiro atoms. The summed E-state index contributed by atoms with van der Waals surface area (Å²) in [5.41, 5.74) is 10.9. The van der Waals surface area contributed by atoms with Crippen LogP contribution in [0, 0.1) is 0 Å². The van der Waals surface area contributed by atoms with Crippen molar-refractivity contribution in [2.45, 2.75) is 12.0 Å². The zero-order valence-electron chi connectivity index (χ0n) is 30.3. The SMILES string of the molecule is CN1c2ccccc2C(c2ccccc2)(c2cccc(CN3c4ccccc4[Si](c4ccccc4)(c4ccccc4)c4ccccc43)c2)c2ccccc21. The predicted octanol–water partition coefficient (Wildman–Crippen LogP) is 9.18. The van der Waals surface area contributed by atoms with Gasteiger partial charge in [-0.3, -0.25) is 0 Å². The average molecular weight is 709 g/mol. The quantitative estimate of drug-likeness (QED) is 0.159. The maximum atomic E-state index is 2.58. The van der Waals surface area contributed by atoms with E-state index in [2.05, 4.69) is 229 Å². The van der Waals surface area contributed by atoms with Crippen LogP contribution in [0.5, 0.6) is 0 Å². The Hall–Kier alpha value is -6.42. The number of para-hydroxylation sites is 4. The Morgan fingerprint density at radius 2 is 0.833 bits per heavy atom. The van der Waals surface area contributed by atoms with E-state index >= 15 is 0 Å². The third-order valence-corrected chi connectivity index (χ3v) is 16.7. The number of hydrogen-bond donors (Lipinski definition) is 0. The van der Waals surface area contributed by atoms with E-state index in [0.717, 1.165) is 6.54 Å². The van der Waals surface area contributed by atoms with Crippen molar-refractivity contribution in [2.75, 3.05) is 16.8 Å². The topological polar surface area (TPSA) is 6.48 Å². The van der Waals surface area contributed by atoms with Crippen molar-refractivity contribution in [3.05, 3.63) is 240 Å². The van der Waals surface area contributed by atoms with Gasteiger partial charge in [-0.15, -0.1) is 0 Å². The molecule has 2 aliphatic heterocycles. The smallest absolute Gasteiger partial charge is 0.183 e. The standard InChI is InChI=1S/C51H40N2Si/c1-52-45-30-13-11-28-43(45)51(39-21-5-2-6-22-39,44-29-12-14-31-46(44)52)40-23-19-20-38(36-40)37-53-47-32-15-17-34-49(47)54(41-24-7-3-8-25-41,42-26-9-4-10-27-42)50-35-18-16-33-48(50)53/h2-36H,37H2,1H3. The first-order chi connectivity index (χ1) is 26.7. The van der Waals surface area contributed by atoms with Crippen molar-refractivity contribution < 1.29 is 0 Å². The zero-order valence-corrected chi connectivity index (χ0v) is 31.3. The lowest BCUT2D eigenvalue weighted by molar-refractivity contribution is 0.725. The van der Waals surface area contributed by atoms with Crippen molar-refractivity contribution in [3.63, 3.8) is 0 Å². The van der Waals surface area contributed by atoms with Crippen LogP contribution in [0.15, 0.2) is 212 Å². The van der Waals surface area contributed by atoms with E-state index in [9.17, 15) is 0 Å². The minimum Gasteiger partial charge on any atom is -0.344 e. The van der Waals surface area contributed by atoms with E-state index in [1.54, 1.807) is 0 Å². The Labute approximate surface area is 319 Å². The fourth-order valence-corrected chi connectivity index (χ4v) is 14.8. The molecule has 0 unspecified atom stereocenters. The minimum absolute atomic E-state index is 0.503. The molecule has 8 aromatic rings. The number of benzene rings is 8. The number of anilines is 4. The van der Waals surface area contributed by atoms with Crippen molar-refractivity contribution in [1.29, 1.82) is 0 Å². The van der Waals surface area contributed by atoms with Crippen LogP contribution in [-0.4, -0.2) is 15.1 Å². The molecule has 0 radical (unpaired) electrons. The van der Waals surface area contributed by atoms with Gasteiger partial charge in [-0.25, -0.2) is 0 Å². The molecule has 2 aliphatic rings. The van der Waals surface area contributed by atoms with Crippen LogP contribution in [0.1, 0.15) is 27.8 Å². The highest BCUT2D eigenvalue weighted by Gasteiger charge is 2.49. The number of fused-ring (bicyclic) bond motifs is 4. The molecule has 0 aromatic heterocycles. The molecule has 8 aromatic carbocycles. The molecule has 3 heteroatoms. The number of rotatable bonds is 6. The summed E-state index contributed by atoms with van der Waals surface area (Å²) in [4.78, 5) is 4.93. The first-order valence-corrected chi connectivity index (χ1v) is 20.9. The van der Waals surface area contributed by atoms with E-state index in [4.69, 9.17) is 0 Å². The summed E-state index contributed by atoms with van der Waals surface area (Å²) >= 11 is 0. The molecular formula is C51H40N2Si. The van der Waals surface area contributed by atoms with Gasteiger partial charge in [0.2, 0.25) is 0 Å². The molecule has 2 heterocycles. The highest BCUT2D eigenvalue weighted by atomic mass is 28.3. The van der Waals surface area contributed by atoms with Gasteiger partial charge in [0.05, 0.1) is 5.41 Å². The van der Waals surface area contributed by atoms with Gasteiger partial charge in [0.15, 0.2) is 8.07 Å². The summed E-state index contributed by atoms with van der Waals surface area (Å²) in [5.74, 6) is 0. The maximum absolute atomic E-state index is 2.66. The highest BCUT2D eigenvalue weighted by Crippen LogP contribution is 2.55. The molecule has 54 heavy (non-hydrogen) atoms. The van der Waals surface area contributed by atoms with E-state index in [0.29, 0.717) is 0 Å². The summed E-state index contributed by atoms with van der Waals surface area (Å²) < 4.78 is 0. The fraction of sp³-hybridized carbons (Fsp3) is 0.0588. The molecular weight excluding hydrogens is 669 g/mol. The van der Waals surface area contributed by atoms with Gasteiger partial charge >= 0.3 is 0 Å². The summed E-state index contributed by atoms with van der Waals surface area (Å²) in [7, 11) is -0.464. The van der Waals surface area contributed by atoms with Gasteiger partial charge in [-0.05, 0) is 72.8 Å². The molecule has 0 atom stereocenters. The van der Waals surface area contributed by atoms with E-state index in [-0.39, 0.29) is 0 Å². The highest BCUT2D eigenvalue weighted by molar-refractivity contribution is 7.21. The third kappa shape index (κ3) is 4.65. The second-order valence-electron chi connectivity index (χ2n) is 14.5. The lowest BCUT2D eigenvalue weighted by Crippen LogP contribution is -2.77. The molecule has 0 bridgehead atoms. The summed E-state index contributed by atoms with van der Waals surface area (Å²) in [5, 5.41) is 5.66. The minimum atomic E-state index is -2.66. The lowest BCUT2D eigenvalue weighted by atomic mass is 9.62. The van der Waals surface area contributed by atoms with Gasteiger partial charge < -0.3 is 9.80 Å². The van der Waals surface area contributed by atoms with Crippen LogP contribution < -0.4 is 30.5 Å². The molecule has 0 amide bonds. The van der Waals surface area contributed by atoms with Crippen molar-refractivity contribution in [1.82, 2.24) is 0 Å². The molecule has 10 rings (SSSR count). The molecule has 0 fully saturated rings. The van der Waals surface area contributed by atoms with E-state index in [1.807, 2.05) is 0 Å². The van der Waals surface area contributed by atoms with Crippen LogP contribution in [0.25, 0.3) is 0 Å². The van der Waals surface area contributed by atoms with Gasteiger partial charge in [-0.2, -0.15) is 0 Å². The van der Waals surface area contributed by atoms with Crippen LogP contribution in [-0.2, 0) is 12.0 Å². The van der Waals surface area contributed by atoms with Crippen molar-refractivity contribution in [2.24, 2.45) is 0 Å². The Bertz CT molecular complexity index is 2480. The van der Waals surface area contributed by atoms with Crippen molar-refractivity contribution >= 4 is 51.6 Å². The lowest BCUT2D eigenvalue weighted by Gasteiger charge is -2.46. The second kappa shape index (κ2) is 12.9. The fourth-order valence-electron chi connectivity index (χ4n) is 9.67. The number of hydrogen-bond acceptors (Lipinski definition) is 2. The molecule has 0 aliphatic carbocycles. The number of nitrogens with zero attached hydrogens (tertiary/aromatic N) is 2. The predicted molar refractivity (Wildman–Crippen MR) is 229 cm³/mol. The van der Waals surface area contributed by atoms with Crippen LogP contribution in [0.3, 0.4) is 0 Å². The monoisotopic (exact) mass is 708 g/mol. The molecule has 2 nitrogen and oxygen atoms in total. The maximum Gasteiger partial charge on any atom is 0.183 e. The Balaban J connectivity index is 1.18. The second-order valence-corrected chi connectivity index (χ2v) is 18.2. The van der Waals surface area contributed by atoms with Crippen LogP contribution >= 0.6 is 0 Å². The first-order valence-electron chi connectivity index (χ1n) is 18.9. The molecule has 0 saturated heterocycles. The first kappa shape index (κ1) is 32.2. The average Bonchev–Trinajstić information content (AvgIpc) is 3.25. The summed E-state index contributed by atoms with van der Waals surface area (Å²) in [6, 6.07) is 79.3. The normalized spacial score (nSPS) is 14.7. The van der Waals surface area contributed by atoms with Crippen LogP contribution in [0.4, 0.5) is 22.7 Å². The summed E-state index contributed by atoms with van der Waals surface area (Å²) in [6.07, 6.45) is 0. The Morgan fingerprint density at radius 1 is 0.407 bits per heavy atom. The Morgan fingerprint density at radius 3 is 1.37 bits per heavy atom. The zero-order chi connectivity index (χ0) is 36.1. The van der Waals surface area contributed by atoms with E-state index in [1.165, 1.54) is 71.3 Å². The Kier molecular flexibility index (Phi) is 7.71. The largest absolute Gasteiger partial charge is 0.344 e. The van der Waals surface area contributed by atoms with E-state index < -0.39 is 13.5 Å². The molecule has 0 saturated carbocycles. The van der Waals surface area contributed by atoms with Gasteiger partial charge in [0.1, 0.15) is 0 Å². The molecule has 258 valence electrons.